The molecule has 0 aromatic rings. The van der Waals surface area contributed by atoms with Gasteiger partial charge in [0.2, 0.25) is 11.8 Å². The van der Waals surface area contributed by atoms with Crippen molar-refractivity contribution in [2.75, 3.05) is 39.4 Å². The summed E-state index contributed by atoms with van der Waals surface area (Å²) < 4.78 is 5.49. The summed E-state index contributed by atoms with van der Waals surface area (Å²) in [4.78, 5) is 31.6. The number of unbranched alkanes of at least 4 members (excludes halogenated alkanes) is 1. The Morgan fingerprint density at radius 2 is 1.75 bits per heavy atom. The lowest BCUT2D eigenvalue weighted by Crippen LogP contribution is -2.73. The van der Waals surface area contributed by atoms with Crippen molar-refractivity contribution in [1.29, 1.82) is 0 Å². The van der Waals surface area contributed by atoms with Gasteiger partial charge in [-0.2, -0.15) is 0 Å². The minimum Gasteiger partial charge on any atom is -0.390 e. The van der Waals surface area contributed by atoms with Crippen molar-refractivity contribution in [2.24, 2.45) is 5.92 Å². The summed E-state index contributed by atoms with van der Waals surface area (Å²) in [5.74, 6) is 0.703. The number of aliphatic hydroxyl groups is 1. The van der Waals surface area contributed by atoms with Crippen LogP contribution in [0.4, 0.5) is 0 Å². The maximum atomic E-state index is 13.6. The molecule has 4 aliphatic rings. The minimum atomic E-state index is -0.820. The molecule has 0 aromatic carbocycles. The first-order valence-electron chi connectivity index (χ1n) is 13.1. The number of ether oxygens (including phenoxy) is 1. The van der Waals surface area contributed by atoms with E-state index in [1.165, 1.54) is 0 Å². The van der Waals surface area contributed by atoms with E-state index in [0.717, 1.165) is 90.6 Å². The molecule has 4 rings (SSSR count). The number of likely N-dealkylation sites (tertiary alicyclic amines) is 1. The van der Waals surface area contributed by atoms with Crippen LogP contribution in [0.25, 0.3) is 0 Å². The first kappa shape index (κ1) is 24.0. The highest BCUT2D eigenvalue weighted by molar-refractivity contribution is 6.00. The maximum absolute atomic E-state index is 13.6. The van der Waals surface area contributed by atoms with Crippen LogP contribution in [0, 0.1) is 5.92 Å². The number of rotatable bonds is 7. The van der Waals surface area contributed by atoms with Gasteiger partial charge in [0.15, 0.2) is 0 Å². The smallest absolute Gasteiger partial charge is 0.246 e. The highest BCUT2D eigenvalue weighted by Gasteiger charge is 2.54. The number of piperidine rings is 1. The third-order valence-electron chi connectivity index (χ3n) is 8.45. The maximum Gasteiger partial charge on any atom is 0.246 e. The Morgan fingerprint density at radius 1 is 1.06 bits per heavy atom. The fourth-order valence-electron chi connectivity index (χ4n) is 6.35. The molecule has 0 bridgehead atoms. The SMILES string of the molecule is CCCCN1C(=O)[C@@H](CC2(O)CCCCC2)NC(=O)C12CCN(CC1CCOCC1)CC2. The Bertz CT molecular complexity index is 650. The quantitative estimate of drug-likeness (QED) is 0.624. The van der Waals surface area contributed by atoms with Crippen LogP contribution in [0.15, 0.2) is 0 Å². The van der Waals surface area contributed by atoms with Crippen LogP contribution in [0.2, 0.25) is 0 Å². The van der Waals surface area contributed by atoms with Crippen LogP contribution in [-0.4, -0.2) is 83.3 Å². The second-order valence-electron chi connectivity index (χ2n) is 10.7. The Labute approximate surface area is 193 Å². The topological polar surface area (TPSA) is 82.1 Å². The second kappa shape index (κ2) is 10.4. The number of hydrogen-bond acceptors (Lipinski definition) is 5. The number of amides is 2. The van der Waals surface area contributed by atoms with E-state index in [4.69, 9.17) is 4.74 Å². The summed E-state index contributed by atoms with van der Waals surface area (Å²) in [6.45, 7) is 7.26. The van der Waals surface area contributed by atoms with E-state index in [0.29, 0.717) is 31.7 Å². The third kappa shape index (κ3) is 5.15. The number of carbonyl (C=O) groups excluding carboxylic acids is 2. The van der Waals surface area contributed by atoms with Gasteiger partial charge in [-0.05, 0) is 50.9 Å². The molecule has 1 atom stereocenters. The Kier molecular flexibility index (Phi) is 7.78. The summed E-state index contributed by atoms with van der Waals surface area (Å²) >= 11 is 0. The largest absolute Gasteiger partial charge is 0.390 e. The molecule has 0 radical (unpaired) electrons. The van der Waals surface area contributed by atoms with Crippen LogP contribution < -0.4 is 5.32 Å². The molecule has 1 spiro atoms. The number of nitrogens with one attached hydrogen (secondary N) is 1. The average molecular weight is 450 g/mol. The lowest BCUT2D eigenvalue weighted by Gasteiger charge is -2.52. The summed E-state index contributed by atoms with van der Waals surface area (Å²) in [5, 5.41) is 14.1. The highest BCUT2D eigenvalue weighted by Crippen LogP contribution is 2.37. The molecule has 7 heteroatoms. The zero-order valence-corrected chi connectivity index (χ0v) is 19.9. The number of nitrogens with zero attached hydrogens (tertiary/aromatic N) is 2. The van der Waals surface area contributed by atoms with E-state index in [-0.39, 0.29) is 11.8 Å². The van der Waals surface area contributed by atoms with Crippen molar-refractivity contribution >= 4 is 11.8 Å². The molecular formula is C25H43N3O4. The van der Waals surface area contributed by atoms with Gasteiger partial charge < -0.3 is 25.0 Å². The molecule has 2 amide bonds. The molecular weight excluding hydrogens is 406 g/mol. The zero-order chi connectivity index (χ0) is 22.6. The lowest BCUT2D eigenvalue weighted by molar-refractivity contribution is -0.163. The highest BCUT2D eigenvalue weighted by atomic mass is 16.5. The third-order valence-corrected chi connectivity index (χ3v) is 8.45. The lowest BCUT2D eigenvalue weighted by atomic mass is 9.77. The second-order valence-corrected chi connectivity index (χ2v) is 10.7. The molecule has 2 N–H and O–H groups in total. The van der Waals surface area contributed by atoms with Crippen LogP contribution in [-0.2, 0) is 14.3 Å². The predicted octanol–water partition coefficient (Wildman–Crippen LogP) is 2.46. The molecule has 7 nitrogen and oxygen atoms in total. The van der Waals surface area contributed by atoms with Crippen molar-refractivity contribution in [1.82, 2.24) is 15.1 Å². The molecule has 182 valence electrons. The van der Waals surface area contributed by atoms with Gasteiger partial charge in [-0.25, -0.2) is 0 Å². The minimum absolute atomic E-state index is 0.00308. The first-order chi connectivity index (χ1) is 15.5. The normalized spacial score (nSPS) is 29.3. The predicted molar refractivity (Wildman–Crippen MR) is 123 cm³/mol. The van der Waals surface area contributed by atoms with Crippen molar-refractivity contribution in [3.63, 3.8) is 0 Å². The van der Waals surface area contributed by atoms with Gasteiger partial charge in [-0.15, -0.1) is 0 Å². The molecule has 0 aromatic heterocycles. The van der Waals surface area contributed by atoms with Crippen molar-refractivity contribution in [2.45, 2.75) is 101 Å². The van der Waals surface area contributed by atoms with Crippen LogP contribution in [0.5, 0.6) is 0 Å². The van der Waals surface area contributed by atoms with E-state index >= 15 is 0 Å². The Morgan fingerprint density at radius 3 is 2.41 bits per heavy atom. The van der Waals surface area contributed by atoms with Gasteiger partial charge in [-0.3, -0.25) is 9.59 Å². The van der Waals surface area contributed by atoms with E-state index in [1.807, 2.05) is 4.90 Å². The van der Waals surface area contributed by atoms with Gasteiger partial charge in [-0.1, -0.05) is 32.6 Å². The van der Waals surface area contributed by atoms with E-state index in [1.54, 1.807) is 0 Å². The van der Waals surface area contributed by atoms with Gasteiger partial charge in [0, 0.05) is 45.8 Å². The standard InChI is InChI=1S/C25H43N3O4/c1-2-3-13-28-22(29)21(18-24(31)9-5-4-6-10-24)26-23(30)25(28)11-14-27(15-12-25)19-20-7-16-32-17-8-20/h20-21,31H,2-19H2,1H3,(H,26,30)/t21-/m1/s1. The van der Waals surface area contributed by atoms with Gasteiger partial charge >= 0.3 is 0 Å². The van der Waals surface area contributed by atoms with Crippen LogP contribution >= 0.6 is 0 Å². The first-order valence-corrected chi connectivity index (χ1v) is 13.1. The number of hydrogen-bond donors (Lipinski definition) is 2. The van der Waals surface area contributed by atoms with Crippen molar-refractivity contribution in [3.05, 3.63) is 0 Å². The molecule has 32 heavy (non-hydrogen) atoms. The monoisotopic (exact) mass is 449 g/mol. The van der Waals surface area contributed by atoms with Crippen molar-refractivity contribution < 1.29 is 19.4 Å². The van der Waals surface area contributed by atoms with E-state index in [9.17, 15) is 14.7 Å². The number of carbonyl (C=O) groups is 2. The molecule has 4 fully saturated rings. The number of piperazine rings is 1. The summed E-state index contributed by atoms with van der Waals surface area (Å²) in [7, 11) is 0. The molecule has 3 saturated heterocycles. The average Bonchev–Trinajstić information content (AvgIpc) is 2.80. The Hall–Kier alpha value is -1.18. The van der Waals surface area contributed by atoms with E-state index < -0.39 is 17.2 Å². The fourth-order valence-corrected chi connectivity index (χ4v) is 6.35. The Balaban J connectivity index is 1.43. The fraction of sp³-hybridized carbons (Fsp3) is 0.920. The molecule has 3 heterocycles. The van der Waals surface area contributed by atoms with Crippen LogP contribution in [0.3, 0.4) is 0 Å². The molecule has 3 aliphatic heterocycles. The van der Waals surface area contributed by atoms with E-state index in [2.05, 4.69) is 17.1 Å². The molecule has 1 saturated carbocycles. The molecule has 1 aliphatic carbocycles. The van der Waals surface area contributed by atoms with Gasteiger partial charge in [0.05, 0.1) is 5.60 Å². The van der Waals surface area contributed by atoms with Crippen molar-refractivity contribution in [3.8, 4) is 0 Å². The van der Waals surface area contributed by atoms with Gasteiger partial charge in [0.1, 0.15) is 11.6 Å². The summed E-state index contributed by atoms with van der Waals surface area (Å²) in [6.07, 6.45) is 10.5. The summed E-state index contributed by atoms with van der Waals surface area (Å²) in [5.41, 5.74) is -1.54. The van der Waals surface area contributed by atoms with Crippen LogP contribution in [0.1, 0.15) is 84.0 Å². The zero-order valence-electron chi connectivity index (χ0n) is 19.9. The molecule has 0 unspecified atom stereocenters. The summed E-state index contributed by atoms with van der Waals surface area (Å²) in [6, 6.07) is -0.589. The van der Waals surface area contributed by atoms with Gasteiger partial charge in [0.25, 0.3) is 0 Å².